The number of hydrogen-bond donors (Lipinski definition) is 0. The van der Waals surface area contributed by atoms with Crippen molar-refractivity contribution in [1.82, 2.24) is 19.4 Å². The van der Waals surface area contributed by atoms with Crippen LogP contribution in [0.4, 0.5) is 0 Å². The Morgan fingerprint density at radius 1 is 1.24 bits per heavy atom. The maximum absolute atomic E-state index is 12.7. The Morgan fingerprint density at radius 3 is 2.88 bits per heavy atom. The molecular formula is C19H26N4O2. The number of morpholine rings is 1. The summed E-state index contributed by atoms with van der Waals surface area (Å²) in [6.45, 7) is 8.26. The maximum atomic E-state index is 12.7. The van der Waals surface area contributed by atoms with Crippen LogP contribution in [0.5, 0.6) is 0 Å². The molecule has 3 heterocycles. The van der Waals surface area contributed by atoms with Gasteiger partial charge in [0.1, 0.15) is 0 Å². The lowest BCUT2D eigenvalue weighted by molar-refractivity contribution is -0.130. The quantitative estimate of drug-likeness (QED) is 0.847. The minimum Gasteiger partial charge on any atom is -0.379 e. The minimum atomic E-state index is 0.250. The van der Waals surface area contributed by atoms with E-state index in [1.807, 2.05) is 29.4 Å². The fraction of sp³-hybridized carbons (Fsp3) is 0.579. The van der Waals surface area contributed by atoms with Crippen LogP contribution in [-0.2, 0) is 16.1 Å². The summed E-state index contributed by atoms with van der Waals surface area (Å²) in [7, 11) is 0. The van der Waals surface area contributed by atoms with Crippen LogP contribution >= 0.6 is 0 Å². The average molecular weight is 342 g/mol. The number of imidazole rings is 1. The topological polar surface area (TPSA) is 50.6 Å². The van der Waals surface area contributed by atoms with Gasteiger partial charge >= 0.3 is 0 Å². The summed E-state index contributed by atoms with van der Waals surface area (Å²) in [4.78, 5) is 21.6. The molecular weight excluding hydrogens is 316 g/mol. The molecule has 0 radical (unpaired) electrons. The molecule has 0 N–H and O–H groups in total. The molecule has 0 saturated carbocycles. The van der Waals surface area contributed by atoms with E-state index in [1.165, 1.54) is 0 Å². The molecule has 1 aromatic carbocycles. The summed E-state index contributed by atoms with van der Waals surface area (Å²) in [6, 6.07) is 8.53. The summed E-state index contributed by atoms with van der Waals surface area (Å²) in [5, 5.41) is 0. The third kappa shape index (κ3) is 3.41. The summed E-state index contributed by atoms with van der Waals surface area (Å²) < 4.78 is 7.53. The van der Waals surface area contributed by atoms with Gasteiger partial charge in [-0.05, 0) is 18.1 Å². The zero-order valence-electron chi connectivity index (χ0n) is 14.8. The number of likely N-dealkylation sites (tertiary alicyclic amines) is 1. The van der Waals surface area contributed by atoms with Gasteiger partial charge in [0.2, 0.25) is 5.91 Å². The lowest BCUT2D eigenvalue weighted by atomic mass is 10.0. The number of aromatic nitrogens is 2. The largest absolute Gasteiger partial charge is 0.379 e. The molecule has 2 aliphatic heterocycles. The van der Waals surface area contributed by atoms with Crippen molar-refractivity contribution in [3.05, 3.63) is 30.6 Å². The molecule has 2 aliphatic rings. The molecule has 0 unspecified atom stereocenters. The first-order valence-corrected chi connectivity index (χ1v) is 9.22. The highest BCUT2D eigenvalue weighted by atomic mass is 16.5. The Bertz CT molecular complexity index is 738. The molecule has 2 fully saturated rings. The highest BCUT2D eigenvalue weighted by Gasteiger charge is 2.36. The molecule has 2 atom stereocenters. The number of carbonyl (C=O) groups is 1. The summed E-state index contributed by atoms with van der Waals surface area (Å²) in [6.07, 6.45) is 2.37. The van der Waals surface area contributed by atoms with E-state index in [1.54, 1.807) is 0 Å². The highest BCUT2D eigenvalue weighted by Crippen LogP contribution is 2.23. The molecule has 25 heavy (non-hydrogen) atoms. The van der Waals surface area contributed by atoms with E-state index in [9.17, 15) is 4.79 Å². The fourth-order valence-electron chi connectivity index (χ4n) is 4.10. The second kappa shape index (κ2) is 7.14. The number of fused-ring (bicyclic) bond motifs is 1. The van der Waals surface area contributed by atoms with Gasteiger partial charge in [0.15, 0.2) is 0 Å². The Labute approximate surface area is 148 Å². The monoisotopic (exact) mass is 342 g/mol. The van der Waals surface area contributed by atoms with E-state index in [-0.39, 0.29) is 5.91 Å². The molecule has 6 heteroatoms. The van der Waals surface area contributed by atoms with E-state index in [4.69, 9.17) is 4.74 Å². The predicted molar refractivity (Wildman–Crippen MR) is 96.3 cm³/mol. The summed E-state index contributed by atoms with van der Waals surface area (Å²) in [5.41, 5.74) is 2.08. The number of rotatable bonds is 4. The van der Waals surface area contributed by atoms with Crippen LogP contribution in [0.1, 0.15) is 13.3 Å². The van der Waals surface area contributed by atoms with Gasteiger partial charge in [-0.25, -0.2) is 4.98 Å². The van der Waals surface area contributed by atoms with Gasteiger partial charge in [0, 0.05) is 45.2 Å². The second-order valence-corrected chi connectivity index (χ2v) is 7.17. The molecule has 4 rings (SSSR count). The second-order valence-electron chi connectivity index (χ2n) is 7.17. The molecule has 2 saturated heterocycles. The van der Waals surface area contributed by atoms with Crippen LogP contribution in [0, 0.1) is 5.92 Å². The number of ether oxygens (including phenoxy) is 1. The number of para-hydroxylation sites is 2. The van der Waals surface area contributed by atoms with Crippen LogP contribution in [0.25, 0.3) is 11.0 Å². The number of benzene rings is 1. The van der Waals surface area contributed by atoms with Crippen LogP contribution in [0.3, 0.4) is 0 Å². The third-order valence-corrected chi connectivity index (χ3v) is 5.53. The number of carbonyl (C=O) groups excluding carboxylic acids is 1. The molecule has 2 aromatic rings. The lowest BCUT2D eigenvalue weighted by Gasteiger charge is -2.34. The first-order chi connectivity index (χ1) is 12.2. The van der Waals surface area contributed by atoms with Crippen molar-refractivity contribution in [3.8, 4) is 0 Å². The molecule has 0 aliphatic carbocycles. The fourth-order valence-corrected chi connectivity index (χ4v) is 4.10. The Hall–Kier alpha value is -1.92. The van der Waals surface area contributed by atoms with Gasteiger partial charge in [-0.15, -0.1) is 0 Å². The van der Waals surface area contributed by atoms with Crippen molar-refractivity contribution in [2.45, 2.75) is 25.9 Å². The number of nitrogens with zero attached hydrogens (tertiary/aromatic N) is 4. The normalized spacial score (nSPS) is 24.9. The van der Waals surface area contributed by atoms with Gasteiger partial charge in [-0.3, -0.25) is 9.69 Å². The van der Waals surface area contributed by atoms with Gasteiger partial charge in [0.05, 0.1) is 30.6 Å². The van der Waals surface area contributed by atoms with Crippen LogP contribution in [0.15, 0.2) is 30.6 Å². The Morgan fingerprint density at radius 2 is 2.04 bits per heavy atom. The predicted octanol–water partition coefficient (Wildman–Crippen LogP) is 1.61. The first-order valence-electron chi connectivity index (χ1n) is 9.22. The molecule has 0 spiro atoms. The van der Waals surface area contributed by atoms with E-state index in [0.717, 1.165) is 50.4 Å². The molecule has 0 bridgehead atoms. The average Bonchev–Trinajstić information content (AvgIpc) is 3.24. The molecule has 1 aromatic heterocycles. The van der Waals surface area contributed by atoms with Crippen molar-refractivity contribution >= 4 is 16.9 Å². The van der Waals surface area contributed by atoms with E-state index in [0.29, 0.717) is 24.9 Å². The van der Waals surface area contributed by atoms with Crippen LogP contribution < -0.4 is 0 Å². The van der Waals surface area contributed by atoms with Gasteiger partial charge in [-0.1, -0.05) is 19.1 Å². The van der Waals surface area contributed by atoms with Gasteiger partial charge in [-0.2, -0.15) is 0 Å². The Kier molecular flexibility index (Phi) is 4.72. The van der Waals surface area contributed by atoms with Crippen molar-refractivity contribution in [2.75, 3.05) is 39.4 Å². The zero-order chi connectivity index (χ0) is 17.2. The van der Waals surface area contributed by atoms with Crippen molar-refractivity contribution in [3.63, 3.8) is 0 Å². The first kappa shape index (κ1) is 16.5. The molecule has 1 amide bonds. The minimum absolute atomic E-state index is 0.250. The summed E-state index contributed by atoms with van der Waals surface area (Å²) >= 11 is 0. The van der Waals surface area contributed by atoms with Gasteiger partial charge < -0.3 is 14.2 Å². The number of amides is 1. The van der Waals surface area contributed by atoms with Gasteiger partial charge in [0.25, 0.3) is 0 Å². The van der Waals surface area contributed by atoms with E-state index < -0.39 is 0 Å². The zero-order valence-corrected chi connectivity index (χ0v) is 14.8. The van der Waals surface area contributed by atoms with Crippen LogP contribution in [0.2, 0.25) is 0 Å². The van der Waals surface area contributed by atoms with Crippen molar-refractivity contribution in [1.29, 1.82) is 0 Å². The molecule has 134 valence electrons. The van der Waals surface area contributed by atoms with Crippen molar-refractivity contribution in [2.24, 2.45) is 5.92 Å². The van der Waals surface area contributed by atoms with E-state index >= 15 is 0 Å². The third-order valence-electron chi connectivity index (χ3n) is 5.53. The highest BCUT2D eigenvalue weighted by molar-refractivity contribution is 5.78. The van der Waals surface area contributed by atoms with Crippen molar-refractivity contribution < 1.29 is 9.53 Å². The lowest BCUT2D eigenvalue weighted by Crippen LogP contribution is -2.47. The van der Waals surface area contributed by atoms with E-state index in [2.05, 4.69) is 27.4 Å². The number of hydrogen-bond acceptors (Lipinski definition) is 4. The number of aryl methyl sites for hydroxylation is 1. The molecule has 6 nitrogen and oxygen atoms in total. The maximum Gasteiger partial charge on any atom is 0.224 e. The Balaban J connectivity index is 1.35. The van der Waals surface area contributed by atoms with Crippen LogP contribution in [-0.4, -0.2) is 70.7 Å². The standard InChI is InChI=1S/C19H26N4O2/c1-15-12-23(13-18(15)21-8-10-25-11-9-21)19(24)6-7-22-14-20-16-4-2-3-5-17(16)22/h2-5,14-15,18H,6-13H2,1H3/t15-,18+/m1/s1. The smallest absolute Gasteiger partial charge is 0.224 e. The SMILES string of the molecule is C[C@@H]1CN(C(=O)CCn2cnc3ccccc32)C[C@@H]1N1CCOCC1. The summed E-state index contributed by atoms with van der Waals surface area (Å²) in [5.74, 6) is 0.775.